The van der Waals surface area contributed by atoms with E-state index in [4.69, 9.17) is 32.4 Å². The van der Waals surface area contributed by atoms with E-state index in [-0.39, 0.29) is 45.8 Å². The molecule has 2 aromatic carbocycles. The molecule has 3 aliphatic rings. The third-order valence-corrected chi connectivity index (χ3v) is 7.45. The topological polar surface area (TPSA) is 93.5 Å². The maximum atomic E-state index is 13.7. The maximum Gasteiger partial charge on any atom is 0.273 e. The molecule has 2 bridgehead atoms. The summed E-state index contributed by atoms with van der Waals surface area (Å²) in [4.78, 5) is 29.3. The van der Waals surface area contributed by atoms with Crippen molar-refractivity contribution in [2.45, 2.75) is 30.8 Å². The van der Waals surface area contributed by atoms with Gasteiger partial charge in [0.25, 0.3) is 11.8 Å². The van der Waals surface area contributed by atoms with Crippen LogP contribution in [0.3, 0.4) is 0 Å². The van der Waals surface area contributed by atoms with Crippen molar-refractivity contribution in [3.05, 3.63) is 70.0 Å². The number of carbonyl (C=O) groups excluding carboxylic acids is 2. The van der Waals surface area contributed by atoms with Gasteiger partial charge in [-0.25, -0.2) is 13.8 Å². The summed E-state index contributed by atoms with van der Waals surface area (Å²) in [7, 11) is 0. The molecule has 3 aromatic rings. The molecule has 1 aromatic heterocycles. The van der Waals surface area contributed by atoms with Crippen LogP contribution in [0, 0.1) is 17.6 Å². The van der Waals surface area contributed by atoms with Crippen molar-refractivity contribution in [1.29, 1.82) is 0 Å². The predicted molar refractivity (Wildman–Crippen MR) is 123 cm³/mol. The Labute approximate surface area is 208 Å². The molecule has 1 atom stereocenters. The van der Waals surface area contributed by atoms with E-state index < -0.39 is 28.6 Å². The lowest BCUT2D eigenvalue weighted by molar-refractivity contribution is -0.174. The Morgan fingerprint density at radius 1 is 1.09 bits per heavy atom. The molecule has 0 spiro atoms. The highest BCUT2D eigenvalue weighted by atomic mass is 35.5. The van der Waals surface area contributed by atoms with Crippen LogP contribution in [-0.4, -0.2) is 34.5 Å². The minimum Gasteiger partial charge on any atom is -0.484 e. The number of aromatic nitrogens is 1. The van der Waals surface area contributed by atoms with Gasteiger partial charge in [-0.15, -0.1) is 0 Å². The molecule has 182 valence electrons. The molecule has 3 aliphatic carbocycles. The van der Waals surface area contributed by atoms with Gasteiger partial charge in [0, 0.05) is 28.6 Å². The Morgan fingerprint density at radius 2 is 1.74 bits per heavy atom. The third kappa shape index (κ3) is 4.12. The van der Waals surface area contributed by atoms with Crippen molar-refractivity contribution in [1.82, 2.24) is 15.6 Å². The van der Waals surface area contributed by atoms with Gasteiger partial charge in [0.15, 0.2) is 12.3 Å². The van der Waals surface area contributed by atoms with Gasteiger partial charge >= 0.3 is 0 Å². The number of amides is 2. The van der Waals surface area contributed by atoms with Crippen molar-refractivity contribution >= 4 is 35.0 Å². The van der Waals surface area contributed by atoms with Crippen LogP contribution in [0.1, 0.15) is 30.3 Å². The molecule has 11 heteroatoms. The van der Waals surface area contributed by atoms with Crippen LogP contribution < -0.4 is 15.4 Å². The normalized spacial score (nSPS) is 24.2. The fourth-order valence-corrected chi connectivity index (χ4v) is 5.04. The van der Waals surface area contributed by atoms with E-state index >= 15 is 0 Å². The molecule has 0 aliphatic heterocycles. The van der Waals surface area contributed by atoms with E-state index in [9.17, 15) is 18.4 Å². The van der Waals surface area contributed by atoms with Gasteiger partial charge in [-0.3, -0.25) is 9.59 Å². The van der Waals surface area contributed by atoms with Crippen LogP contribution in [0.4, 0.5) is 8.78 Å². The van der Waals surface area contributed by atoms with Gasteiger partial charge in [-0.05, 0) is 43.2 Å². The zero-order valence-corrected chi connectivity index (χ0v) is 19.8. The Balaban J connectivity index is 1.15. The Kier molecular flexibility index (Phi) is 5.72. The molecule has 1 heterocycles. The highest BCUT2D eigenvalue weighted by Crippen LogP contribution is 2.64. The number of rotatable bonds is 7. The van der Waals surface area contributed by atoms with Crippen LogP contribution in [0.15, 0.2) is 47.1 Å². The average molecular weight is 522 g/mol. The van der Waals surface area contributed by atoms with Crippen LogP contribution in [-0.2, 0) is 4.79 Å². The van der Waals surface area contributed by atoms with Crippen LogP contribution in [0.25, 0.3) is 11.5 Å². The van der Waals surface area contributed by atoms with Gasteiger partial charge in [0.1, 0.15) is 23.6 Å². The summed E-state index contributed by atoms with van der Waals surface area (Å²) in [6.07, 6.45) is 2.32. The van der Waals surface area contributed by atoms with Crippen molar-refractivity contribution < 1.29 is 27.5 Å². The molecule has 7 nitrogen and oxygen atoms in total. The Bertz CT molecular complexity index is 1340. The summed E-state index contributed by atoms with van der Waals surface area (Å²) in [5, 5.41) is 5.89. The zero-order valence-electron chi connectivity index (χ0n) is 18.3. The van der Waals surface area contributed by atoms with E-state index in [1.54, 1.807) is 6.07 Å². The van der Waals surface area contributed by atoms with Crippen molar-refractivity contribution in [2.24, 2.45) is 5.92 Å². The minimum atomic E-state index is -0.630. The van der Waals surface area contributed by atoms with Crippen LogP contribution >= 0.6 is 23.2 Å². The van der Waals surface area contributed by atoms with Gasteiger partial charge < -0.3 is 19.8 Å². The van der Waals surface area contributed by atoms with Gasteiger partial charge in [0.05, 0.1) is 10.0 Å². The lowest BCUT2D eigenvalue weighted by atomic mass is 9.37. The molecular weight excluding hydrogens is 503 g/mol. The summed E-state index contributed by atoms with van der Waals surface area (Å²) in [6, 6.07) is 8.05. The van der Waals surface area contributed by atoms with Crippen molar-refractivity contribution in [2.75, 3.05) is 6.61 Å². The Morgan fingerprint density at radius 3 is 2.40 bits per heavy atom. The molecule has 35 heavy (non-hydrogen) atoms. The fraction of sp³-hybridized carbons (Fsp3) is 0.292. The molecule has 3 saturated carbocycles. The summed E-state index contributed by atoms with van der Waals surface area (Å²) >= 11 is 11.3. The first kappa shape index (κ1) is 23.6. The van der Waals surface area contributed by atoms with E-state index in [1.807, 2.05) is 6.92 Å². The standard InChI is InChI=1S/C24H19Cl2F2N3O4/c1-12-23(30-20(32)9-34-14-3-5-16(26)18(28)7-14)10-24(12,11-23)31-21(33)19-8-35-22(29-19)13-2-4-15(25)17(27)6-13/h2-8,12H,9-11H2,1H3,(H,30,32)(H,31,33)/t12-,23?,24?/m0/s1. The molecule has 3 fully saturated rings. The molecule has 0 radical (unpaired) electrons. The number of nitrogens with one attached hydrogen (secondary N) is 2. The average Bonchev–Trinajstić information content (AvgIpc) is 3.31. The number of oxazole rings is 1. The summed E-state index contributed by atoms with van der Waals surface area (Å²) in [5.41, 5.74) is -0.478. The summed E-state index contributed by atoms with van der Waals surface area (Å²) < 4.78 is 37.9. The monoisotopic (exact) mass is 521 g/mol. The first-order chi connectivity index (χ1) is 16.6. The number of benzene rings is 2. The van der Waals surface area contributed by atoms with Crippen molar-refractivity contribution in [3.63, 3.8) is 0 Å². The largest absolute Gasteiger partial charge is 0.484 e. The SMILES string of the molecule is C[C@H]1C2(NC(=O)COc3ccc(Cl)c(F)c3)CC1(NC(=O)c1coc(-c3ccc(Cl)c(F)c3)n1)C2. The number of halogens is 4. The van der Waals surface area contributed by atoms with E-state index in [2.05, 4.69) is 15.6 Å². The van der Waals surface area contributed by atoms with E-state index in [1.165, 1.54) is 30.5 Å². The molecule has 0 unspecified atom stereocenters. The maximum absolute atomic E-state index is 13.7. The number of carbonyl (C=O) groups is 2. The zero-order chi connectivity index (χ0) is 25.0. The highest BCUT2D eigenvalue weighted by Gasteiger charge is 2.75. The molecule has 6 rings (SSSR count). The van der Waals surface area contributed by atoms with Crippen LogP contribution in [0.2, 0.25) is 10.0 Å². The second-order valence-corrected chi connectivity index (χ2v) is 9.74. The van der Waals surface area contributed by atoms with Gasteiger partial charge in [0.2, 0.25) is 5.89 Å². The van der Waals surface area contributed by atoms with E-state index in [0.29, 0.717) is 18.4 Å². The molecule has 2 N–H and O–H groups in total. The first-order valence-electron chi connectivity index (χ1n) is 10.7. The summed E-state index contributed by atoms with van der Waals surface area (Å²) in [5.74, 6) is -1.74. The molecule has 0 saturated heterocycles. The lowest BCUT2D eigenvalue weighted by Gasteiger charge is -2.75. The number of hydrogen-bond donors (Lipinski definition) is 2. The molecular formula is C24H19Cl2F2N3O4. The second kappa shape index (κ2) is 8.49. The van der Waals surface area contributed by atoms with Crippen LogP contribution in [0.5, 0.6) is 5.75 Å². The summed E-state index contributed by atoms with van der Waals surface area (Å²) in [6.45, 7) is 1.66. The number of ether oxygens (including phenoxy) is 1. The predicted octanol–water partition coefficient (Wildman–Crippen LogP) is 4.77. The number of nitrogens with zero attached hydrogens (tertiary/aromatic N) is 1. The van der Waals surface area contributed by atoms with Gasteiger partial charge in [-0.2, -0.15) is 0 Å². The van der Waals surface area contributed by atoms with Gasteiger partial charge in [-0.1, -0.05) is 30.1 Å². The fourth-order valence-electron chi connectivity index (χ4n) is 4.81. The Hall–Kier alpha value is -3.17. The first-order valence-corrected chi connectivity index (χ1v) is 11.5. The minimum absolute atomic E-state index is 0.0207. The second-order valence-electron chi connectivity index (χ2n) is 8.92. The van der Waals surface area contributed by atoms with Crippen molar-refractivity contribution in [3.8, 4) is 17.2 Å². The third-order valence-electron chi connectivity index (χ3n) is 6.83. The quantitative estimate of drug-likeness (QED) is 0.467. The number of hydrogen-bond acceptors (Lipinski definition) is 5. The lowest BCUT2D eigenvalue weighted by Crippen LogP contribution is -2.89. The highest BCUT2D eigenvalue weighted by molar-refractivity contribution is 6.31. The smallest absolute Gasteiger partial charge is 0.273 e. The molecule has 2 amide bonds. The van der Waals surface area contributed by atoms with E-state index in [0.717, 1.165) is 6.07 Å².